The van der Waals surface area contributed by atoms with E-state index in [0.29, 0.717) is 5.56 Å². The normalized spacial score (nSPS) is 21.1. The maximum Gasteiger partial charge on any atom is 0.335 e. The molecule has 1 aromatic carbocycles. The Labute approximate surface area is 122 Å². The lowest BCUT2D eigenvalue weighted by Gasteiger charge is -2.20. The van der Waals surface area contributed by atoms with Crippen molar-refractivity contribution in [3.8, 4) is 0 Å². The third kappa shape index (κ3) is 4.05. The molecule has 3 nitrogen and oxygen atoms in total. The molecule has 1 heterocycles. The number of halogens is 1. The van der Waals surface area contributed by atoms with Gasteiger partial charge in [0.1, 0.15) is 0 Å². The van der Waals surface area contributed by atoms with E-state index in [1.165, 1.54) is 24.8 Å². The second-order valence-electron chi connectivity index (χ2n) is 5.42. The zero-order valence-corrected chi connectivity index (χ0v) is 12.8. The summed E-state index contributed by atoms with van der Waals surface area (Å²) in [6, 6.07) is 5.29. The summed E-state index contributed by atoms with van der Waals surface area (Å²) in [5.74, 6) is -0.0568. The highest BCUT2D eigenvalue weighted by Crippen LogP contribution is 2.23. The number of carboxylic acid groups (broad SMARTS) is 1. The maximum atomic E-state index is 10.9. The van der Waals surface area contributed by atoms with Crippen LogP contribution in [0.3, 0.4) is 0 Å². The van der Waals surface area contributed by atoms with Gasteiger partial charge >= 0.3 is 5.97 Å². The summed E-state index contributed by atoms with van der Waals surface area (Å²) < 4.78 is 0.893. The molecule has 1 N–H and O–H groups in total. The molecular weight excluding hydrogens is 306 g/mol. The molecule has 1 atom stereocenters. The monoisotopic (exact) mass is 325 g/mol. The highest BCUT2D eigenvalue weighted by Gasteiger charge is 2.15. The van der Waals surface area contributed by atoms with Gasteiger partial charge in [0.2, 0.25) is 0 Å². The fourth-order valence-corrected chi connectivity index (χ4v) is 3.03. The number of carbonyl (C=O) groups is 1. The van der Waals surface area contributed by atoms with E-state index in [0.717, 1.165) is 30.0 Å². The summed E-state index contributed by atoms with van der Waals surface area (Å²) in [6.07, 6.45) is 3.83. The van der Waals surface area contributed by atoms with E-state index in [-0.39, 0.29) is 0 Å². The summed E-state index contributed by atoms with van der Waals surface area (Å²) in [7, 11) is 0. The largest absolute Gasteiger partial charge is 0.478 e. The van der Waals surface area contributed by atoms with E-state index in [4.69, 9.17) is 5.11 Å². The molecule has 0 spiro atoms. The highest BCUT2D eigenvalue weighted by atomic mass is 79.9. The average molecular weight is 326 g/mol. The van der Waals surface area contributed by atoms with Gasteiger partial charge in [-0.1, -0.05) is 28.9 Å². The van der Waals surface area contributed by atoms with Gasteiger partial charge in [0.05, 0.1) is 5.56 Å². The number of carboxylic acids is 1. The van der Waals surface area contributed by atoms with Crippen LogP contribution in [0.15, 0.2) is 22.7 Å². The summed E-state index contributed by atoms with van der Waals surface area (Å²) in [6.45, 7) is 5.49. The van der Waals surface area contributed by atoms with Crippen molar-refractivity contribution >= 4 is 21.9 Å². The molecule has 0 saturated carbocycles. The predicted octanol–water partition coefficient (Wildman–Crippen LogP) is 3.77. The van der Waals surface area contributed by atoms with Crippen molar-refractivity contribution in [2.24, 2.45) is 5.92 Å². The van der Waals surface area contributed by atoms with Crippen LogP contribution in [0, 0.1) is 5.92 Å². The minimum absolute atomic E-state index is 0.333. The Hall–Kier alpha value is -0.870. The summed E-state index contributed by atoms with van der Waals surface area (Å²) in [5.41, 5.74) is 1.50. The summed E-state index contributed by atoms with van der Waals surface area (Å²) in [4.78, 5) is 13.4. The van der Waals surface area contributed by atoms with E-state index in [2.05, 4.69) is 27.8 Å². The lowest BCUT2D eigenvalue weighted by molar-refractivity contribution is 0.0697. The Kier molecular flexibility index (Phi) is 4.99. The third-order valence-corrected chi connectivity index (χ3v) is 4.54. The molecule has 0 radical (unpaired) electrons. The van der Waals surface area contributed by atoms with Gasteiger partial charge in [-0.05, 0) is 56.0 Å². The van der Waals surface area contributed by atoms with Gasteiger partial charge in [0.25, 0.3) is 0 Å². The van der Waals surface area contributed by atoms with Crippen LogP contribution < -0.4 is 0 Å². The molecule has 1 aliphatic rings. The molecule has 19 heavy (non-hydrogen) atoms. The van der Waals surface area contributed by atoms with Crippen molar-refractivity contribution in [1.29, 1.82) is 0 Å². The molecule has 1 aliphatic heterocycles. The molecule has 0 bridgehead atoms. The topological polar surface area (TPSA) is 40.5 Å². The molecule has 1 unspecified atom stereocenters. The number of nitrogens with zero attached hydrogens (tertiary/aromatic N) is 1. The van der Waals surface area contributed by atoms with Crippen molar-refractivity contribution in [1.82, 2.24) is 4.90 Å². The zero-order valence-electron chi connectivity index (χ0n) is 11.2. The van der Waals surface area contributed by atoms with E-state index < -0.39 is 5.97 Å². The fraction of sp³-hybridized carbons (Fsp3) is 0.533. The average Bonchev–Trinajstić information content (AvgIpc) is 2.57. The van der Waals surface area contributed by atoms with Crippen LogP contribution >= 0.6 is 15.9 Å². The van der Waals surface area contributed by atoms with Gasteiger partial charge in [-0.3, -0.25) is 4.90 Å². The minimum Gasteiger partial charge on any atom is -0.478 e. The highest BCUT2D eigenvalue weighted by molar-refractivity contribution is 9.10. The van der Waals surface area contributed by atoms with Crippen molar-refractivity contribution in [2.75, 3.05) is 13.1 Å². The first-order valence-electron chi connectivity index (χ1n) is 6.80. The second-order valence-corrected chi connectivity index (χ2v) is 6.28. The number of rotatable bonds is 3. The molecule has 4 heteroatoms. The van der Waals surface area contributed by atoms with Crippen molar-refractivity contribution in [3.05, 3.63) is 33.8 Å². The van der Waals surface area contributed by atoms with Crippen LogP contribution in [-0.2, 0) is 6.54 Å². The molecule has 104 valence electrons. The standard InChI is InChI=1S/C15H20BrNO2/c1-11-3-2-7-17(8-6-11)10-13-5-4-12(15(18)19)9-14(13)16/h4-5,9,11H,2-3,6-8,10H2,1H3,(H,18,19). The minimum atomic E-state index is -0.879. The van der Waals surface area contributed by atoms with Crippen LogP contribution in [0.1, 0.15) is 42.1 Å². The Morgan fingerprint density at radius 3 is 2.89 bits per heavy atom. The van der Waals surface area contributed by atoms with E-state index in [9.17, 15) is 4.79 Å². The predicted molar refractivity (Wildman–Crippen MR) is 79.4 cm³/mol. The number of likely N-dealkylation sites (tertiary alicyclic amines) is 1. The first kappa shape index (κ1) is 14.5. The molecule has 1 saturated heterocycles. The van der Waals surface area contributed by atoms with Gasteiger partial charge in [-0.25, -0.2) is 4.79 Å². The fourth-order valence-electron chi connectivity index (χ4n) is 2.53. The molecule has 0 amide bonds. The lowest BCUT2D eigenvalue weighted by atomic mass is 10.0. The number of benzene rings is 1. The van der Waals surface area contributed by atoms with Crippen LogP contribution in [0.2, 0.25) is 0 Å². The third-order valence-electron chi connectivity index (χ3n) is 3.80. The Morgan fingerprint density at radius 1 is 1.42 bits per heavy atom. The van der Waals surface area contributed by atoms with Gasteiger partial charge in [0, 0.05) is 11.0 Å². The molecule has 1 aromatic rings. The Bertz CT molecular complexity index is 461. The quantitative estimate of drug-likeness (QED) is 0.919. The first-order valence-corrected chi connectivity index (χ1v) is 7.59. The zero-order chi connectivity index (χ0) is 13.8. The Balaban J connectivity index is 2.04. The van der Waals surface area contributed by atoms with Crippen molar-refractivity contribution in [2.45, 2.75) is 32.7 Å². The summed E-state index contributed by atoms with van der Waals surface area (Å²) >= 11 is 3.48. The molecular formula is C15H20BrNO2. The SMILES string of the molecule is CC1CCCN(Cc2ccc(C(=O)O)cc2Br)CC1. The lowest BCUT2D eigenvalue weighted by Crippen LogP contribution is -2.24. The number of aromatic carboxylic acids is 1. The molecule has 1 fully saturated rings. The number of hydrogen-bond donors (Lipinski definition) is 1. The first-order chi connectivity index (χ1) is 9.06. The van der Waals surface area contributed by atoms with Gasteiger partial charge in [-0.15, -0.1) is 0 Å². The maximum absolute atomic E-state index is 10.9. The van der Waals surface area contributed by atoms with Crippen LogP contribution in [0.25, 0.3) is 0 Å². The second kappa shape index (κ2) is 6.53. The van der Waals surface area contributed by atoms with Crippen LogP contribution in [0.5, 0.6) is 0 Å². The smallest absolute Gasteiger partial charge is 0.335 e. The van der Waals surface area contributed by atoms with Crippen LogP contribution in [-0.4, -0.2) is 29.1 Å². The van der Waals surface area contributed by atoms with E-state index >= 15 is 0 Å². The Morgan fingerprint density at radius 2 is 2.21 bits per heavy atom. The van der Waals surface area contributed by atoms with Gasteiger partial charge in [-0.2, -0.15) is 0 Å². The van der Waals surface area contributed by atoms with Gasteiger partial charge in [0.15, 0.2) is 0 Å². The van der Waals surface area contributed by atoms with Crippen LogP contribution in [0.4, 0.5) is 0 Å². The van der Waals surface area contributed by atoms with Crippen molar-refractivity contribution in [3.63, 3.8) is 0 Å². The van der Waals surface area contributed by atoms with Crippen molar-refractivity contribution < 1.29 is 9.90 Å². The molecule has 0 aromatic heterocycles. The van der Waals surface area contributed by atoms with E-state index in [1.807, 2.05) is 6.07 Å². The number of hydrogen-bond acceptors (Lipinski definition) is 2. The molecule has 0 aliphatic carbocycles. The van der Waals surface area contributed by atoms with Gasteiger partial charge < -0.3 is 5.11 Å². The van der Waals surface area contributed by atoms with E-state index in [1.54, 1.807) is 12.1 Å². The molecule has 2 rings (SSSR count). The summed E-state index contributed by atoms with van der Waals surface area (Å²) in [5, 5.41) is 8.96.